The molecule has 5 heteroatoms. The Morgan fingerprint density at radius 1 is 0.839 bits per heavy atom. The predicted octanol–water partition coefficient (Wildman–Crippen LogP) is 6.12. The molecule has 0 aliphatic carbocycles. The molecule has 0 spiro atoms. The van der Waals surface area contributed by atoms with Gasteiger partial charge in [-0.05, 0) is 40.1 Å². The molecule has 0 unspecified atom stereocenters. The van der Waals surface area contributed by atoms with Crippen LogP contribution >= 0.6 is 11.8 Å². The van der Waals surface area contributed by atoms with E-state index in [-0.39, 0.29) is 5.37 Å². The molecule has 5 rings (SSSR count). The predicted molar refractivity (Wildman–Crippen MR) is 128 cm³/mol. The molecule has 0 aromatic heterocycles. The molecule has 0 saturated heterocycles. The molecule has 0 saturated carbocycles. The molecule has 1 aliphatic heterocycles. The Balaban J connectivity index is 1.29. The first-order valence-electron chi connectivity index (χ1n) is 10.1. The highest BCUT2D eigenvalue weighted by molar-refractivity contribution is 8.14. The van der Waals surface area contributed by atoms with E-state index in [0.29, 0.717) is 12.4 Å². The van der Waals surface area contributed by atoms with Gasteiger partial charge in [0.15, 0.2) is 11.5 Å². The van der Waals surface area contributed by atoms with Crippen LogP contribution in [0.4, 0.5) is 0 Å². The van der Waals surface area contributed by atoms with Crippen LogP contribution in [0.5, 0.6) is 11.5 Å². The summed E-state index contributed by atoms with van der Waals surface area (Å²) in [6, 6.07) is 31.0. The summed E-state index contributed by atoms with van der Waals surface area (Å²) < 4.78 is 11.7. The highest BCUT2D eigenvalue weighted by atomic mass is 32.2. The molecule has 0 fully saturated rings. The van der Waals surface area contributed by atoms with E-state index in [9.17, 15) is 0 Å². The molecule has 0 amide bonds. The van der Waals surface area contributed by atoms with Gasteiger partial charge in [0.05, 0.1) is 7.11 Å². The van der Waals surface area contributed by atoms with Gasteiger partial charge in [0, 0.05) is 5.56 Å². The van der Waals surface area contributed by atoms with Crippen molar-refractivity contribution >= 4 is 27.6 Å². The van der Waals surface area contributed by atoms with Crippen molar-refractivity contribution in [2.45, 2.75) is 12.0 Å². The van der Waals surface area contributed by atoms with Crippen molar-refractivity contribution < 1.29 is 9.47 Å². The Morgan fingerprint density at radius 2 is 1.65 bits per heavy atom. The Kier molecular flexibility index (Phi) is 5.50. The lowest BCUT2D eigenvalue weighted by atomic mass is 10.1. The van der Waals surface area contributed by atoms with E-state index in [0.717, 1.165) is 27.5 Å². The average molecular weight is 427 g/mol. The summed E-state index contributed by atoms with van der Waals surface area (Å²) >= 11 is 1.70. The Labute approximate surface area is 185 Å². The summed E-state index contributed by atoms with van der Waals surface area (Å²) in [5.74, 6) is 1.44. The number of rotatable bonds is 6. The molecule has 1 atom stereocenters. The van der Waals surface area contributed by atoms with Gasteiger partial charge in [-0.2, -0.15) is 5.10 Å². The number of nitrogens with one attached hydrogen (secondary N) is 1. The van der Waals surface area contributed by atoms with Crippen molar-refractivity contribution in [3.63, 3.8) is 0 Å². The van der Waals surface area contributed by atoms with Crippen LogP contribution in [-0.2, 0) is 6.61 Å². The van der Waals surface area contributed by atoms with Crippen LogP contribution in [0, 0.1) is 0 Å². The number of ether oxygens (including phenoxy) is 2. The molecule has 154 valence electrons. The molecular formula is C26H22N2O2S. The second-order valence-corrected chi connectivity index (χ2v) is 8.38. The SMILES string of the molecule is COc1cc([C@H]2NN=C(c3ccccc3)S2)ccc1OCc1ccc2ccccc2c1. The number of hydrogen-bond acceptors (Lipinski definition) is 5. The van der Waals surface area contributed by atoms with Crippen molar-refractivity contribution in [1.82, 2.24) is 5.43 Å². The van der Waals surface area contributed by atoms with E-state index in [1.165, 1.54) is 10.8 Å². The number of methoxy groups -OCH3 is 1. The van der Waals surface area contributed by atoms with Crippen LogP contribution in [0.3, 0.4) is 0 Å². The number of hydrogen-bond donors (Lipinski definition) is 1. The van der Waals surface area contributed by atoms with Crippen LogP contribution in [0.25, 0.3) is 10.8 Å². The average Bonchev–Trinajstić information content (AvgIpc) is 3.33. The van der Waals surface area contributed by atoms with Gasteiger partial charge in [-0.15, -0.1) is 0 Å². The fraction of sp³-hybridized carbons (Fsp3) is 0.115. The molecule has 31 heavy (non-hydrogen) atoms. The third-order valence-electron chi connectivity index (χ3n) is 5.23. The lowest BCUT2D eigenvalue weighted by Crippen LogP contribution is -2.07. The highest BCUT2D eigenvalue weighted by Crippen LogP contribution is 2.38. The van der Waals surface area contributed by atoms with Gasteiger partial charge in [0.2, 0.25) is 0 Å². The standard InChI is InChI=1S/C26H22N2O2S/c1-29-24-16-22(26-28-27-25(31-26)20-8-3-2-4-9-20)13-14-23(24)30-17-18-11-12-19-7-5-6-10-21(19)15-18/h2-16,26,28H,17H2,1H3/t26-/m0/s1. The van der Waals surface area contributed by atoms with Crippen LogP contribution in [-0.4, -0.2) is 12.2 Å². The molecular weight excluding hydrogens is 404 g/mol. The number of fused-ring (bicyclic) bond motifs is 1. The van der Waals surface area contributed by atoms with E-state index in [1.807, 2.05) is 30.3 Å². The first-order chi connectivity index (χ1) is 15.3. The maximum atomic E-state index is 6.09. The normalized spacial score (nSPS) is 15.4. The minimum Gasteiger partial charge on any atom is -0.493 e. The summed E-state index contributed by atoms with van der Waals surface area (Å²) in [5.41, 5.74) is 6.55. The fourth-order valence-corrected chi connectivity index (χ4v) is 4.58. The highest BCUT2D eigenvalue weighted by Gasteiger charge is 2.23. The molecule has 0 radical (unpaired) electrons. The molecule has 4 nitrogen and oxygen atoms in total. The Hall–Kier alpha value is -3.44. The Morgan fingerprint density at radius 3 is 2.48 bits per heavy atom. The minimum atomic E-state index is 0.0404. The third-order valence-corrected chi connectivity index (χ3v) is 6.40. The molecule has 0 bridgehead atoms. The van der Waals surface area contributed by atoms with Gasteiger partial charge < -0.3 is 9.47 Å². The largest absolute Gasteiger partial charge is 0.493 e. The van der Waals surface area contributed by atoms with E-state index in [4.69, 9.17) is 9.47 Å². The molecule has 1 N–H and O–H groups in total. The van der Waals surface area contributed by atoms with Gasteiger partial charge in [-0.25, -0.2) is 0 Å². The van der Waals surface area contributed by atoms with E-state index >= 15 is 0 Å². The van der Waals surface area contributed by atoms with Gasteiger partial charge in [0.1, 0.15) is 17.0 Å². The Bertz CT molecular complexity index is 1240. The zero-order valence-corrected chi connectivity index (χ0v) is 17.9. The van der Waals surface area contributed by atoms with E-state index in [2.05, 4.69) is 71.2 Å². The van der Waals surface area contributed by atoms with Crippen molar-refractivity contribution in [3.05, 3.63) is 108 Å². The topological polar surface area (TPSA) is 42.8 Å². The molecule has 4 aromatic rings. The third kappa shape index (κ3) is 4.23. The summed E-state index contributed by atoms with van der Waals surface area (Å²) in [7, 11) is 1.67. The lowest BCUT2D eigenvalue weighted by molar-refractivity contribution is 0.284. The first kappa shape index (κ1) is 19.5. The summed E-state index contributed by atoms with van der Waals surface area (Å²) in [6.45, 7) is 0.484. The van der Waals surface area contributed by atoms with Crippen LogP contribution in [0.15, 0.2) is 96.1 Å². The summed E-state index contributed by atoms with van der Waals surface area (Å²) in [6.07, 6.45) is 0. The summed E-state index contributed by atoms with van der Waals surface area (Å²) in [5, 5.41) is 7.97. The number of thioether (sulfide) groups is 1. The van der Waals surface area contributed by atoms with Crippen molar-refractivity contribution in [1.29, 1.82) is 0 Å². The van der Waals surface area contributed by atoms with Crippen molar-refractivity contribution in [2.24, 2.45) is 5.10 Å². The molecule has 4 aromatic carbocycles. The van der Waals surface area contributed by atoms with Gasteiger partial charge in [0.25, 0.3) is 0 Å². The molecule has 1 heterocycles. The lowest BCUT2D eigenvalue weighted by Gasteiger charge is -2.15. The first-order valence-corrected chi connectivity index (χ1v) is 11.0. The van der Waals surface area contributed by atoms with E-state index < -0.39 is 0 Å². The van der Waals surface area contributed by atoms with Gasteiger partial charge in [-0.3, -0.25) is 5.43 Å². The van der Waals surface area contributed by atoms with Crippen LogP contribution in [0.1, 0.15) is 22.1 Å². The zero-order chi connectivity index (χ0) is 21.0. The second-order valence-electron chi connectivity index (χ2n) is 7.29. The van der Waals surface area contributed by atoms with Gasteiger partial charge >= 0.3 is 0 Å². The maximum absolute atomic E-state index is 6.09. The minimum absolute atomic E-state index is 0.0404. The molecule has 1 aliphatic rings. The fourth-order valence-electron chi connectivity index (χ4n) is 3.59. The monoisotopic (exact) mass is 426 g/mol. The van der Waals surface area contributed by atoms with Crippen LogP contribution in [0.2, 0.25) is 0 Å². The van der Waals surface area contributed by atoms with E-state index in [1.54, 1.807) is 18.9 Å². The quantitative estimate of drug-likeness (QED) is 0.403. The number of nitrogens with zero attached hydrogens (tertiary/aromatic N) is 1. The van der Waals surface area contributed by atoms with Crippen molar-refractivity contribution in [3.8, 4) is 11.5 Å². The van der Waals surface area contributed by atoms with Crippen LogP contribution < -0.4 is 14.9 Å². The van der Waals surface area contributed by atoms with Gasteiger partial charge in [-0.1, -0.05) is 84.6 Å². The number of benzene rings is 4. The van der Waals surface area contributed by atoms with Crippen molar-refractivity contribution in [2.75, 3.05) is 7.11 Å². The second kappa shape index (κ2) is 8.74. The number of hydrazone groups is 1. The zero-order valence-electron chi connectivity index (χ0n) is 17.1. The maximum Gasteiger partial charge on any atom is 0.161 e. The smallest absolute Gasteiger partial charge is 0.161 e. The summed E-state index contributed by atoms with van der Waals surface area (Å²) in [4.78, 5) is 0.